The van der Waals surface area contributed by atoms with Gasteiger partial charge in [0.05, 0.1) is 0 Å². The van der Waals surface area contributed by atoms with Crippen molar-refractivity contribution in [3.63, 3.8) is 0 Å². The summed E-state index contributed by atoms with van der Waals surface area (Å²) in [6, 6.07) is 6.12. The number of rotatable bonds is 2. The van der Waals surface area contributed by atoms with Crippen molar-refractivity contribution in [1.29, 1.82) is 0 Å². The first-order chi connectivity index (χ1) is 8.79. The lowest BCUT2D eigenvalue weighted by atomic mass is 10.1. The van der Waals surface area contributed by atoms with Gasteiger partial charge in [-0.05, 0) is 35.4 Å². The highest BCUT2D eigenvalue weighted by Gasteiger charge is 2.17. The summed E-state index contributed by atoms with van der Waals surface area (Å²) in [7, 11) is 0.825. The Kier molecular flexibility index (Phi) is 3.56. The molecule has 0 aliphatic carbocycles. The van der Waals surface area contributed by atoms with Crippen LogP contribution in [0.3, 0.4) is 0 Å². The molecule has 100 valence electrons. The fourth-order valence-electron chi connectivity index (χ4n) is 1.55. The maximum absolute atomic E-state index is 13.3. The topological polar surface area (TPSA) is 34.1 Å². The molecule has 0 N–H and O–H groups in total. The third-order valence-corrected chi connectivity index (χ3v) is 3.78. The Hall–Kier alpha value is -1.53. The quantitative estimate of drug-likeness (QED) is 0.793. The van der Waals surface area contributed by atoms with E-state index in [0.717, 1.165) is 24.3 Å². The Balaban J connectivity index is 2.61. The second kappa shape index (κ2) is 4.86. The van der Waals surface area contributed by atoms with E-state index in [9.17, 15) is 21.6 Å². The summed E-state index contributed by atoms with van der Waals surface area (Å²) < 4.78 is 61.5. The minimum atomic E-state index is -4.25. The van der Waals surface area contributed by atoms with Crippen molar-refractivity contribution in [2.75, 3.05) is 0 Å². The zero-order valence-electron chi connectivity index (χ0n) is 9.20. The van der Waals surface area contributed by atoms with Gasteiger partial charge < -0.3 is 0 Å². The normalized spacial score (nSPS) is 11.6. The predicted octanol–water partition coefficient (Wildman–Crippen LogP) is 3.70. The average molecular weight is 307 g/mol. The van der Waals surface area contributed by atoms with Crippen LogP contribution in [0.2, 0.25) is 0 Å². The van der Waals surface area contributed by atoms with E-state index in [4.69, 9.17) is 10.7 Å². The number of hydrogen-bond acceptors (Lipinski definition) is 2. The van der Waals surface area contributed by atoms with E-state index in [1.807, 2.05) is 0 Å². The van der Waals surface area contributed by atoms with Crippen LogP contribution in [0.25, 0.3) is 11.1 Å². The highest BCUT2D eigenvalue weighted by molar-refractivity contribution is 8.13. The molecular weight excluding hydrogens is 301 g/mol. The molecule has 0 atom stereocenters. The van der Waals surface area contributed by atoms with Gasteiger partial charge in [0.2, 0.25) is 0 Å². The Bertz CT molecular complexity index is 745. The van der Waals surface area contributed by atoms with Gasteiger partial charge in [0.1, 0.15) is 10.7 Å². The molecule has 0 radical (unpaired) electrons. The van der Waals surface area contributed by atoms with Gasteiger partial charge in [0.25, 0.3) is 9.05 Å². The molecule has 0 unspecified atom stereocenters. The average Bonchev–Trinajstić information content (AvgIpc) is 2.32. The van der Waals surface area contributed by atoms with Gasteiger partial charge in [-0.3, -0.25) is 0 Å². The summed E-state index contributed by atoms with van der Waals surface area (Å²) in [6.45, 7) is 0. The van der Waals surface area contributed by atoms with Gasteiger partial charge in [0.15, 0.2) is 11.6 Å². The number of halogens is 4. The largest absolute Gasteiger partial charge is 0.264 e. The molecule has 0 fully saturated rings. The van der Waals surface area contributed by atoms with E-state index < -0.39 is 31.4 Å². The smallest absolute Gasteiger partial charge is 0.207 e. The maximum Gasteiger partial charge on any atom is 0.264 e. The fraction of sp³-hybridized carbons (Fsp3) is 0. The lowest BCUT2D eigenvalue weighted by Gasteiger charge is -2.05. The molecule has 0 aliphatic rings. The Labute approximate surface area is 111 Å². The third-order valence-electron chi connectivity index (χ3n) is 2.45. The van der Waals surface area contributed by atoms with Crippen LogP contribution in [0.5, 0.6) is 0 Å². The first-order valence-corrected chi connectivity index (χ1v) is 7.29. The molecule has 0 aliphatic heterocycles. The highest BCUT2D eigenvalue weighted by atomic mass is 35.7. The number of hydrogen-bond donors (Lipinski definition) is 0. The molecule has 2 aromatic carbocycles. The molecule has 0 amide bonds. The minimum absolute atomic E-state index is 0.208. The molecule has 0 heterocycles. The maximum atomic E-state index is 13.3. The molecule has 0 saturated carbocycles. The van der Waals surface area contributed by atoms with Crippen LogP contribution in [-0.4, -0.2) is 8.42 Å². The second-order valence-electron chi connectivity index (χ2n) is 3.71. The van der Waals surface area contributed by atoms with Gasteiger partial charge in [-0.2, -0.15) is 0 Å². The second-order valence-corrected chi connectivity index (χ2v) is 6.25. The molecule has 2 nitrogen and oxygen atoms in total. The molecule has 0 bridgehead atoms. The first-order valence-electron chi connectivity index (χ1n) is 4.98. The zero-order chi connectivity index (χ0) is 14.2. The standard InChI is InChI=1S/C12H6ClF3O2S/c13-19(17,18)12-6-8(2-4-10(12)15)7-1-3-9(14)11(16)5-7/h1-6H. The molecule has 0 saturated heterocycles. The van der Waals surface area contributed by atoms with E-state index in [1.54, 1.807) is 0 Å². The highest BCUT2D eigenvalue weighted by Crippen LogP contribution is 2.27. The Morgan fingerprint density at radius 1 is 0.789 bits per heavy atom. The fourth-order valence-corrected chi connectivity index (χ4v) is 2.47. The van der Waals surface area contributed by atoms with E-state index in [-0.39, 0.29) is 11.1 Å². The molecule has 2 aromatic rings. The SMILES string of the molecule is O=S(=O)(Cl)c1cc(-c2ccc(F)c(F)c2)ccc1F. The van der Waals surface area contributed by atoms with Crippen molar-refractivity contribution in [3.05, 3.63) is 53.8 Å². The molecule has 0 aromatic heterocycles. The van der Waals surface area contributed by atoms with E-state index in [2.05, 4.69) is 0 Å². The van der Waals surface area contributed by atoms with Gasteiger partial charge in [0, 0.05) is 10.7 Å². The zero-order valence-corrected chi connectivity index (χ0v) is 10.8. The van der Waals surface area contributed by atoms with E-state index in [1.165, 1.54) is 12.1 Å². The lowest BCUT2D eigenvalue weighted by molar-refractivity contribution is 0.509. The van der Waals surface area contributed by atoms with Crippen molar-refractivity contribution >= 4 is 19.7 Å². The van der Waals surface area contributed by atoms with Crippen LogP contribution >= 0.6 is 10.7 Å². The molecule has 19 heavy (non-hydrogen) atoms. The minimum Gasteiger partial charge on any atom is -0.207 e. The van der Waals surface area contributed by atoms with E-state index >= 15 is 0 Å². The van der Waals surface area contributed by atoms with Crippen molar-refractivity contribution < 1.29 is 21.6 Å². The van der Waals surface area contributed by atoms with E-state index in [0.29, 0.717) is 0 Å². The van der Waals surface area contributed by atoms with Crippen LogP contribution in [-0.2, 0) is 9.05 Å². The van der Waals surface area contributed by atoms with Crippen LogP contribution in [0.4, 0.5) is 13.2 Å². The van der Waals surface area contributed by atoms with Gasteiger partial charge in [-0.15, -0.1) is 0 Å². The van der Waals surface area contributed by atoms with Crippen LogP contribution in [0.1, 0.15) is 0 Å². The van der Waals surface area contributed by atoms with Gasteiger partial charge in [-0.1, -0.05) is 12.1 Å². The first kappa shape index (κ1) is 13.9. The number of benzene rings is 2. The Morgan fingerprint density at radius 2 is 1.32 bits per heavy atom. The summed E-state index contributed by atoms with van der Waals surface area (Å²) in [4.78, 5) is -0.712. The van der Waals surface area contributed by atoms with Crippen molar-refractivity contribution in [2.24, 2.45) is 0 Å². The summed E-state index contributed by atoms with van der Waals surface area (Å²) in [6.07, 6.45) is 0. The predicted molar refractivity (Wildman–Crippen MR) is 64.8 cm³/mol. The summed E-state index contributed by atoms with van der Waals surface area (Å²) in [5.74, 6) is -3.13. The summed E-state index contributed by atoms with van der Waals surface area (Å²) >= 11 is 0. The molecule has 7 heteroatoms. The van der Waals surface area contributed by atoms with Crippen molar-refractivity contribution in [1.82, 2.24) is 0 Å². The molecule has 0 spiro atoms. The summed E-state index contributed by atoms with van der Waals surface area (Å²) in [5.41, 5.74) is 0.417. The van der Waals surface area contributed by atoms with Crippen molar-refractivity contribution in [3.8, 4) is 11.1 Å². The van der Waals surface area contributed by atoms with Crippen LogP contribution in [0, 0.1) is 17.5 Å². The van der Waals surface area contributed by atoms with Gasteiger partial charge >= 0.3 is 0 Å². The van der Waals surface area contributed by atoms with Crippen LogP contribution < -0.4 is 0 Å². The lowest BCUT2D eigenvalue weighted by Crippen LogP contribution is -1.96. The van der Waals surface area contributed by atoms with Gasteiger partial charge in [-0.25, -0.2) is 21.6 Å². The summed E-state index contributed by atoms with van der Waals surface area (Å²) in [5, 5.41) is 0. The van der Waals surface area contributed by atoms with Crippen molar-refractivity contribution in [2.45, 2.75) is 4.90 Å². The van der Waals surface area contributed by atoms with Crippen LogP contribution in [0.15, 0.2) is 41.3 Å². The molecular formula is C12H6ClF3O2S. The molecule has 2 rings (SSSR count). The Morgan fingerprint density at radius 3 is 1.84 bits per heavy atom. The monoisotopic (exact) mass is 306 g/mol. The third kappa shape index (κ3) is 2.90.